The highest BCUT2D eigenvalue weighted by Gasteiger charge is 2.09. The first-order valence-corrected chi connectivity index (χ1v) is 7.87. The highest BCUT2D eigenvalue weighted by atomic mass is 16.5. The number of hydrogen-bond acceptors (Lipinski definition) is 3. The van der Waals surface area contributed by atoms with Crippen molar-refractivity contribution in [2.24, 2.45) is 0 Å². The molecule has 0 bridgehead atoms. The molecule has 0 saturated heterocycles. The molecule has 0 aromatic heterocycles. The first kappa shape index (κ1) is 17.0. The lowest BCUT2D eigenvalue weighted by molar-refractivity contribution is -0.116. The van der Waals surface area contributed by atoms with Crippen LogP contribution in [0.3, 0.4) is 0 Å². The minimum atomic E-state index is -0.0216. The summed E-state index contributed by atoms with van der Waals surface area (Å²) in [6, 6.07) is 15.8. The molecule has 2 N–H and O–H groups in total. The Bertz CT molecular complexity index is 641. The third kappa shape index (κ3) is 5.11. The van der Waals surface area contributed by atoms with E-state index in [-0.39, 0.29) is 12.0 Å². The zero-order chi connectivity index (χ0) is 16.7. The van der Waals surface area contributed by atoms with E-state index in [2.05, 4.69) is 10.6 Å². The Hall–Kier alpha value is -2.33. The number of aryl methyl sites for hydroxylation is 1. The van der Waals surface area contributed by atoms with Gasteiger partial charge in [-0.3, -0.25) is 4.79 Å². The normalized spacial score (nSPS) is 11.8. The van der Waals surface area contributed by atoms with Gasteiger partial charge in [0.2, 0.25) is 5.91 Å². The third-order valence-electron chi connectivity index (χ3n) is 3.66. The molecule has 0 aliphatic carbocycles. The van der Waals surface area contributed by atoms with E-state index in [9.17, 15) is 4.79 Å². The Labute approximate surface area is 137 Å². The fourth-order valence-corrected chi connectivity index (χ4v) is 2.30. The fourth-order valence-electron chi connectivity index (χ4n) is 2.30. The number of carbonyl (C=O) groups is 1. The molecule has 0 heterocycles. The van der Waals surface area contributed by atoms with Crippen LogP contribution in [-0.4, -0.2) is 19.5 Å². The van der Waals surface area contributed by atoms with Crippen LogP contribution in [0.5, 0.6) is 5.75 Å². The topological polar surface area (TPSA) is 50.4 Å². The Morgan fingerprint density at radius 3 is 2.57 bits per heavy atom. The second kappa shape index (κ2) is 8.34. The lowest BCUT2D eigenvalue weighted by Crippen LogP contribution is -2.19. The number of carbonyl (C=O) groups excluding carboxylic acids is 1. The maximum atomic E-state index is 11.8. The molecule has 0 radical (unpaired) electrons. The van der Waals surface area contributed by atoms with Gasteiger partial charge in [0.25, 0.3) is 0 Å². The van der Waals surface area contributed by atoms with Crippen LogP contribution >= 0.6 is 0 Å². The highest BCUT2D eigenvalue weighted by molar-refractivity contribution is 5.91. The van der Waals surface area contributed by atoms with E-state index in [1.807, 2.05) is 69.4 Å². The van der Waals surface area contributed by atoms with Gasteiger partial charge in [-0.15, -0.1) is 0 Å². The summed E-state index contributed by atoms with van der Waals surface area (Å²) in [5, 5.41) is 5.89. The van der Waals surface area contributed by atoms with Gasteiger partial charge in [0.15, 0.2) is 0 Å². The average Bonchev–Trinajstić information content (AvgIpc) is 2.56. The minimum absolute atomic E-state index is 0.00812. The van der Waals surface area contributed by atoms with E-state index in [0.29, 0.717) is 13.0 Å². The molecule has 0 saturated carbocycles. The van der Waals surface area contributed by atoms with Crippen molar-refractivity contribution in [3.63, 3.8) is 0 Å². The van der Waals surface area contributed by atoms with Crippen molar-refractivity contribution < 1.29 is 9.53 Å². The molecule has 23 heavy (non-hydrogen) atoms. The Kier molecular flexibility index (Phi) is 6.18. The number of rotatable bonds is 7. The smallest absolute Gasteiger partial charge is 0.225 e. The molecule has 2 rings (SSSR count). The maximum Gasteiger partial charge on any atom is 0.225 e. The van der Waals surface area contributed by atoms with Crippen molar-refractivity contribution in [3.8, 4) is 5.75 Å². The summed E-state index contributed by atoms with van der Waals surface area (Å²) in [7, 11) is 1.83. The first-order valence-electron chi connectivity index (χ1n) is 7.87. The van der Waals surface area contributed by atoms with Crippen LogP contribution in [0, 0.1) is 6.92 Å². The van der Waals surface area contributed by atoms with Crippen LogP contribution in [0.2, 0.25) is 0 Å². The van der Waals surface area contributed by atoms with Crippen molar-refractivity contribution >= 4 is 11.6 Å². The van der Waals surface area contributed by atoms with Gasteiger partial charge in [0.05, 0.1) is 0 Å². The van der Waals surface area contributed by atoms with Crippen molar-refractivity contribution in [2.45, 2.75) is 26.4 Å². The van der Waals surface area contributed by atoms with Crippen molar-refractivity contribution in [2.75, 3.05) is 18.9 Å². The number of hydrogen-bond donors (Lipinski definition) is 2. The zero-order valence-electron chi connectivity index (χ0n) is 13.9. The lowest BCUT2D eigenvalue weighted by Gasteiger charge is -2.16. The second-order valence-corrected chi connectivity index (χ2v) is 5.55. The second-order valence-electron chi connectivity index (χ2n) is 5.55. The number of benzene rings is 2. The van der Waals surface area contributed by atoms with E-state index >= 15 is 0 Å². The molecule has 1 unspecified atom stereocenters. The van der Waals surface area contributed by atoms with Crippen molar-refractivity contribution in [3.05, 3.63) is 59.7 Å². The van der Waals surface area contributed by atoms with Gasteiger partial charge < -0.3 is 15.4 Å². The molecule has 122 valence electrons. The van der Waals surface area contributed by atoms with E-state index in [1.165, 1.54) is 0 Å². The zero-order valence-corrected chi connectivity index (χ0v) is 13.9. The van der Waals surface area contributed by atoms with Gasteiger partial charge in [-0.2, -0.15) is 0 Å². The molecule has 0 aliphatic heterocycles. The maximum absolute atomic E-state index is 11.8. The van der Waals surface area contributed by atoms with E-state index in [4.69, 9.17) is 4.74 Å². The van der Waals surface area contributed by atoms with Crippen LogP contribution in [0.15, 0.2) is 48.5 Å². The Morgan fingerprint density at radius 1 is 1.17 bits per heavy atom. The van der Waals surface area contributed by atoms with E-state index in [1.54, 1.807) is 0 Å². The Balaban J connectivity index is 2.00. The molecule has 4 nitrogen and oxygen atoms in total. The molecule has 0 aliphatic rings. The quantitative estimate of drug-likeness (QED) is 0.820. The summed E-state index contributed by atoms with van der Waals surface area (Å²) in [6.45, 7) is 4.66. The molecular formula is C19H24N2O2. The monoisotopic (exact) mass is 312 g/mol. The molecule has 1 amide bonds. The van der Waals surface area contributed by atoms with Crippen LogP contribution < -0.4 is 15.4 Å². The largest absolute Gasteiger partial charge is 0.486 e. The molecule has 0 fully saturated rings. The van der Waals surface area contributed by atoms with E-state index < -0.39 is 0 Å². The van der Waals surface area contributed by atoms with Gasteiger partial charge in [0, 0.05) is 18.7 Å². The Morgan fingerprint density at radius 2 is 1.91 bits per heavy atom. The average molecular weight is 312 g/mol. The molecule has 2 aromatic rings. The summed E-state index contributed by atoms with van der Waals surface area (Å²) in [5.41, 5.74) is 2.95. The SMILES string of the molecule is CNCCC(=O)Nc1ccc(OC(C)c2ccccc2)cc1C. The lowest BCUT2D eigenvalue weighted by atomic mass is 10.1. The summed E-state index contributed by atoms with van der Waals surface area (Å²) in [5.74, 6) is 0.806. The first-order chi connectivity index (χ1) is 11.1. The summed E-state index contributed by atoms with van der Waals surface area (Å²) in [4.78, 5) is 11.8. The molecule has 0 spiro atoms. The predicted octanol–water partition coefficient (Wildman–Crippen LogP) is 3.68. The predicted molar refractivity (Wildman–Crippen MR) is 93.8 cm³/mol. The fraction of sp³-hybridized carbons (Fsp3) is 0.316. The molecule has 4 heteroatoms. The summed E-state index contributed by atoms with van der Waals surface area (Å²) < 4.78 is 5.98. The van der Waals surface area contributed by atoms with Crippen molar-refractivity contribution in [1.82, 2.24) is 5.32 Å². The van der Waals surface area contributed by atoms with Crippen LogP contribution in [0.25, 0.3) is 0 Å². The van der Waals surface area contributed by atoms with E-state index in [0.717, 1.165) is 22.6 Å². The standard InChI is InChI=1S/C19H24N2O2/c1-14-13-17(23-15(2)16-7-5-4-6-8-16)9-10-18(14)21-19(22)11-12-20-3/h4-10,13,15,20H,11-12H2,1-3H3,(H,21,22). The van der Waals surface area contributed by atoms with Crippen molar-refractivity contribution in [1.29, 1.82) is 0 Å². The van der Waals surface area contributed by atoms with Crippen LogP contribution in [0.1, 0.15) is 30.6 Å². The summed E-state index contributed by atoms with van der Waals surface area (Å²) >= 11 is 0. The summed E-state index contributed by atoms with van der Waals surface area (Å²) in [6.07, 6.45) is 0.436. The number of ether oxygens (including phenoxy) is 1. The number of anilines is 1. The third-order valence-corrected chi connectivity index (χ3v) is 3.66. The minimum Gasteiger partial charge on any atom is -0.486 e. The molecule has 1 atom stereocenters. The van der Waals surface area contributed by atoms with Gasteiger partial charge in [-0.05, 0) is 50.2 Å². The van der Waals surface area contributed by atoms with Gasteiger partial charge in [-0.1, -0.05) is 30.3 Å². The molecular weight excluding hydrogens is 288 g/mol. The van der Waals surface area contributed by atoms with Crippen LogP contribution in [-0.2, 0) is 4.79 Å². The number of amides is 1. The van der Waals surface area contributed by atoms with Gasteiger partial charge in [-0.25, -0.2) is 0 Å². The van der Waals surface area contributed by atoms with Gasteiger partial charge in [0.1, 0.15) is 11.9 Å². The van der Waals surface area contributed by atoms with Crippen LogP contribution in [0.4, 0.5) is 5.69 Å². The highest BCUT2D eigenvalue weighted by Crippen LogP contribution is 2.26. The molecule has 2 aromatic carbocycles. The number of nitrogens with one attached hydrogen (secondary N) is 2. The van der Waals surface area contributed by atoms with Gasteiger partial charge >= 0.3 is 0 Å².